The van der Waals surface area contributed by atoms with Gasteiger partial charge >= 0.3 is 0 Å². The lowest BCUT2D eigenvalue weighted by Crippen LogP contribution is -2.52. The molecule has 0 aromatic carbocycles. The third-order valence-electron chi connectivity index (χ3n) is 5.77. The van der Waals surface area contributed by atoms with Crippen LogP contribution in [-0.2, 0) is 4.79 Å². The lowest BCUT2D eigenvalue weighted by Gasteiger charge is -2.37. The smallest absolute Gasteiger partial charge is 0.220 e. The van der Waals surface area contributed by atoms with E-state index in [1.807, 2.05) is 0 Å². The minimum Gasteiger partial charge on any atom is -0.355 e. The van der Waals surface area contributed by atoms with Crippen molar-refractivity contribution < 1.29 is 4.79 Å². The molecule has 0 aromatic heterocycles. The molecule has 134 valence electrons. The van der Waals surface area contributed by atoms with Crippen LogP contribution in [0.15, 0.2) is 0 Å². The van der Waals surface area contributed by atoms with Gasteiger partial charge in [-0.3, -0.25) is 9.69 Å². The Morgan fingerprint density at radius 1 is 1.17 bits per heavy atom. The number of nitrogens with zero attached hydrogens (tertiary/aromatic N) is 2. The Labute approximate surface area is 142 Å². The van der Waals surface area contributed by atoms with E-state index in [9.17, 15) is 4.79 Å². The molecule has 2 aliphatic rings. The Hall–Kier alpha value is -0.650. The predicted molar refractivity (Wildman–Crippen MR) is 95.5 cm³/mol. The number of carbonyl (C=O) groups is 1. The molecule has 0 saturated carbocycles. The standard InChI is InChI=1S/C18H36N4O/c1-4-21-9-11-22(12-10-21)16(3)14-20-18(23)13-15(2)17-5-7-19-8-6-17/h15-17,19H,4-14H2,1-3H3,(H,20,23). The normalized spacial score (nSPS) is 24.3. The molecule has 2 unspecified atom stereocenters. The maximum Gasteiger partial charge on any atom is 0.220 e. The van der Waals surface area contributed by atoms with Gasteiger partial charge in [0.1, 0.15) is 0 Å². The van der Waals surface area contributed by atoms with Crippen LogP contribution >= 0.6 is 0 Å². The van der Waals surface area contributed by atoms with Gasteiger partial charge < -0.3 is 15.5 Å². The largest absolute Gasteiger partial charge is 0.355 e. The van der Waals surface area contributed by atoms with Crippen LogP contribution in [0.2, 0.25) is 0 Å². The number of hydrogen-bond acceptors (Lipinski definition) is 4. The molecule has 0 radical (unpaired) electrons. The molecule has 2 rings (SSSR count). The van der Waals surface area contributed by atoms with E-state index in [-0.39, 0.29) is 5.91 Å². The molecule has 5 nitrogen and oxygen atoms in total. The zero-order valence-electron chi connectivity index (χ0n) is 15.3. The van der Waals surface area contributed by atoms with Crippen molar-refractivity contribution in [3.05, 3.63) is 0 Å². The molecule has 0 aromatic rings. The summed E-state index contributed by atoms with van der Waals surface area (Å²) < 4.78 is 0. The fraction of sp³-hybridized carbons (Fsp3) is 0.944. The highest BCUT2D eigenvalue weighted by Gasteiger charge is 2.23. The summed E-state index contributed by atoms with van der Waals surface area (Å²) in [6.07, 6.45) is 3.11. The van der Waals surface area contributed by atoms with Gasteiger partial charge in [0.15, 0.2) is 0 Å². The number of nitrogens with one attached hydrogen (secondary N) is 2. The Morgan fingerprint density at radius 2 is 1.83 bits per heavy atom. The maximum atomic E-state index is 12.2. The van der Waals surface area contributed by atoms with Crippen molar-refractivity contribution in [1.29, 1.82) is 0 Å². The van der Waals surface area contributed by atoms with Crippen LogP contribution in [-0.4, -0.2) is 74.1 Å². The van der Waals surface area contributed by atoms with Gasteiger partial charge in [-0.25, -0.2) is 0 Å². The van der Waals surface area contributed by atoms with Crippen molar-refractivity contribution in [2.45, 2.75) is 46.1 Å². The van der Waals surface area contributed by atoms with Gasteiger partial charge in [-0.1, -0.05) is 13.8 Å². The first-order chi connectivity index (χ1) is 11.1. The van der Waals surface area contributed by atoms with Crippen LogP contribution in [0.3, 0.4) is 0 Å². The second-order valence-electron chi connectivity index (χ2n) is 7.39. The molecule has 2 atom stereocenters. The van der Waals surface area contributed by atoms with Crippen molar-refractivity contribution >= 4 is 5.91 Å². The van der Waals surface area contributed by atoms with E-state index in [1.165, 1.54) is 12.8 Å². The van der Waals surface area contributed by atoms with Gasteiger partial charge in [-0.15, -0.1) is 0 Å². The number of carbonyl (C=O) groups excluding carboxylic acids is 1. The highest BCUT2D eigenvalue weighted by atomic mass is 16.1. The van der Waals surface area contributed by atoms with Crippen LogP contribution < -0.4 is 10.6 Å². The first kappa shape index (κ1) is 18.7. The van der Waals surface area contributed by atoms with Crippen LogP contribution in [0, 0.1) is 11.8 Å². The molecule has 1 amide bonds. The number of hydrogen-bond donors (Lipinski definition) is 2. The number of rotatable bonds is 7. The SMILES string of the molecule is CCN1CCN(C(C)CNC(=O)CC(C)C2CCNCC2)CC1. The predicted octanol–water partition coefficient (Wildman–Crippen LogP) is 1.15. The number of amides is 1. The average Bonchev–Trinajstić information content (AvgIpc) is 2.60. The van der Waals surface area contributed by atoms with Gasteiger partial charge in [-0.2, -0.15) is 0 Å². The van der Waals surface area contributed by atoms with Gasteiger partial charge in [0.25, 0.3) is 0 Å². The van der Waals surface area contributed by atoms with E-state index >= 15 is 0 Å². The van der Waals surface area contributed by atoms with E-state index in [1.54, 1.807) is 0 Å². The topological polar surface area (TPSA) is 47.6 Å². The summed E-state index contributed by atoms with van der Waals surface area (Å²) in [6, 6.07) is 0.437. The monoisotopic (exact) mass is 324 g/mol. The van der Waals surface area contributed by atoms with E-state index in [2.05, 4.69) is 41.2 Å². The lowest BCUT2D eigenvalue weighted by atomic mass is 9.84. The van der Waals surface area contributed by atoms with Gasteiger partial charge in [0.05, 0.1) is 0 Å². The number of piperidine rings is 1. The second kappa shape index (κ2) is 9.60. The highest BCUT2D eigenvalue weighted by Crippen LogP contribution is 2.24. The summed E-state index contributed by atoms with van der Waals surface area (Å²) in [4.78, 5) is 17.2. The first-order valence-corrected chi connectivity index (χ1v) is 9.54. The van der Waals surface area contributed by atoms with Crippen molar-refractivity contribution in [2.24, 2.45) is 11.8 Å². The zero-order chi connectivity index (χ0) is 16.7. The third-order valence-corrected chi connectivity index (χ3v) is 5.77. The first-order valence-electron chi connectivity index (χ1n) is 9.54. The summed E-state index contributed by atoms with van der Waals surface area (Å²) in [5.74, 6) is 1.44. The molecule has 0 bridgehead atoms. The maximum absolute atomic E-state index is 12.2. The molecule has 5 heteroatoms. The third kappa shape index (κ3) is 6.05. The van der Waals surface area contributed by atoms with Crippen molar-refractivity contribution in [1.82, 2.24) is 20.4 Å². The highest BCUT2D eigenvalue weighted by molar-refractivity contribution is 5.76. The van der Waals surface area contributed by atoms with E-state index in [0.717, 1.165) is 52.4 Å². The van der Waals surface area contributed by atoms with Crippen LogP contribution in [0.4, 0.5) is 0 Å². The molecule has 0 spiro atoms. The molecule has 2 aliphatic heterocycles. The molecule has 2 fully saturated rings. The van der Waals surface area contributed by atoms with E-state index in [0.29, 0.717) is 24.3 Å². The Morgan fingerprint density at radius 3 is 2.43 bits per heavy atom. The minimum absolute atomic E-state index is 0.232. The van der Waals surface area contributed by atoms with E-state index in [4.69, 9.17) is 0 Å². The molecule has 2 heterocycles. The van der Waals surface area contributed by atoms with E-state index < -0.39 is 0 Å². The molecular formula is C18H36N4O. The summed E-state index contributed by atoms with van der Waals surface area (Å²) in [5.41, 5.74) is 0. The summed E-state index contributed by atoms with van der Waals surface area (Å²) >= 11 is 0. The van der Waals surface area contributed by atoms with Gasteiger partial charge in [0, 0.05) is 45.2 Å². The summed E-state index contributed by atoms with van der Waals surface area (Å²) in [6.45, 7) is 15.4. The Balaban J connectivity index is 1.63. The Kier molecular flexibility index (Phi) is 7.80. The minimum atomic E-state index is 0.232. The molecule has 2 N–H and O–H groups in total. The van der Waals surface area contributed by atoms with Crippen molar-refractivity contribution in [3.8, 4) is 0 Å². The van der Waals surface area contributed by atoms with Gasteiger partial charge in [-0.05, 0) is 51.2 Å². The Bertz CT molecular complexity index is 349. The number of likely N-dealkylation sites (N-methyl/N-ethyl adjacent to an activating group) is 1. The van der Waals surface area contributed by atoms with Gasteiger partial charge in [0.2, 0.25) is 5.91 Å². The average molecular weight is 325 g/mol. The number of piperazine rings is 1. The molecule has 23 heavy (non-hydrogen) atoms. The fourth-order valence-corrected chi connectivity index (χ4v) is 3.86. The molecule has 0 aliphatic carbocycles. The molecular weight excluding hydrogens is 288 g/mol. The van der Waals surface area contributed by atoms with Crippen molar-refractivity contribution in [2.75, 3.05) is 52.4 Å². The van der Waals surface area contributed by atoms with Crippen LogP contribution in [0.5, 0.6) is 0 Å². The fourth-order valence-electron chi connectivity index (χ4n) is 3.86. The quantitative estimate of drug-likeness (QED) is 0.738. The molecule has 2 saturated heterocycles. The van der Waals surface area contributed by atoms with Crippen LogP contribution in [0.25, 0.3) is 0 Å². The second-order valence-corrected chi connectivity index (χ2v) is 7.39. The van der Waals surface area contributed by atoms with Crippen molar-refractivity contribution in [3.63, 3.8) is 0 Å². The zero-order valence-corrected chi connectivity index (χ0v) is 15.3. The van der Waals surface area contributed by atoms with Crippen LogP contribution in [0.1, 0.15) is 40.0 Å². The lowest BCUT2D eigenvalue weighted by molar-refractivity contribution is -0.122. The summed E-state index contributed by atoms with van der Waals surface area (Å²) in [5, 5.41) is 6.56. The summed E-state index contributed by atoms with van der Waals surface area (Å²) in [7, 11) is 0.